The molecule has 0 aromatic carbocycles. The maximum atomic E-state index is 11.6. The summed E-state index contributed by atoms with van der Waals surface area (Å²) in [5, 5.41) is 0.746. The third kappa shape index (κ3) is 3.50. The highest BCUT2D eigenvalue weighted by Crippen LogP contribution is 2.31. The van der Waals surface area contributed by atoms with Crippen molar-refractivity contribution in [1.29, 1.82) is 0 Å². The highest BCUT2D eigenvalue weighted by atomic mass is 32.1. The summed E-state index contributed by atoms with van der Waals surface area (Å²) in [5.41, 5.74) is 0. The van der Waals surface area contributed by atoms with Crippen LogP contribution in [-0.4, -0.2) is 37.4 Å². The minimum atomic E-state index is -0.573. The van der Waals surface area contributed by atoms with Gasteiger partial charge < -0.3 is 18.9 Å². The second-order valence-electron chi connectivity index (χ2n) is 4.13. The summed E-state index contributed by atoms with van der Waals surface area (Å²) < 4.78 is 20.9. The second kappa shape index (κ2) is 6.42. The fraction of sp³-hybridized carbons (Fsp3) is 0.667. The van der Waals surface area contributed by atoms with Crippen LogP contribution in [0.3, 0.4) is 0 Å². The van der Waals surface area contributed by atoms with Gasteiger partial charge in [-0.25, -0.2) is 9.78 Å². The maximum absolute atomic E-state index is 11.6. The first-order chi connectivity index (χ1) is 9.11. The molecule has 0 spiro atoms. The van der Waals surface area contributed by atoms with Gasteiger partial charge >= 0.3 is 5.97 Å². The van der Waals surface area contributed by atoms with Crippen LogP contribution in [0, 0.1) is 0 Å². The molecule has 1 aromatic heterocycles. The summed E-state index contributed by atoms with van der Waals surface area (Å²) in [6.07, 6.45) is 0.356. The van der Waals surface area contributed by atoms with Gasteiger partial charge in [-0.1, -0.05) is 0 Å². The highest BCUT2D eigenvalue weighted by Gasteiger charge is 2.24. The zero-order valence-electron chi connectivity index (χ0n) is 11.1. The largest absolute Gasteiger partial charge is 0.455 e. The SMILES string of the molecule is COC(C)C(=O)OC(C)c1cnc(C2OCCO2)s1. The average Bonchev–Trinajstić information content (AvgIpc) is 3.07. The number of carbonyl (C=O) groups is 1. The zero-order chi connectivity index (χ0) is 13.8. The summed E-state index contributed by atoms with van der Waals surface area (Å²) in [5.74, 6) is -0.390. The number of hydrogen-bond donors (Lipinski definition) is 0. The van der Waals surface area contributed by atoms with Crippen molar-refractivity contribution in [2.75, 3.05) is 20.3 Å². The van der Waals surface area contributed by atoms with Crippen LogP contribution in [0.25, 0.3) is 0 Å². The van der Waals surface area contributed by atoms with Gasteiger partial charge in [0.1, 0.15) is 11.1 Å². The Morgan fingerprint density at radius 3 is 2.79 bits per heavy atom. The molecule has 19 heavy (non-hydrogen) atoms. The lowest BCUT2D eigenvalue weighted by Gasteiger charge is -2.14. The number of rotatable bonds is 5. The second-order valence-corrected chi connectivity index (χ2v) is 5.23. The van der Waals surface area contributed by atoms with E-state index < -0.39 is 12.1 Å². The lowest BCUT2D eigenvalue weighted by molar-refractivity contribution is -0.159. The molecule has 0 radical (unpaired) electrons. The lowest BCUT2D eigenvalue weighted by atomic mass is 10.3. The Morgan fingerprint density at radius 1 is 1.47 bits per heavy atom. The third-order valence-corrected chi connectivity index (χ3v) is 3.92. The number of esters is 1. The third-order valence-electron chi connectivity index (χ3n) is 2.74. The molecule has 0 saturated carbocycles. The summed E-state index contributed by atoms with van der Waals surface area (Å²) >= 11 is 1.42. The predicted molar refractivity (Wildman–Crippen MR) is 67.7 cm³/mol. The summed E-state index contributed by atoms with van der Waals surface area (Å²) in [4.78, 5) is 16.7. The molecule has 1 saturated heterocycles. The Balaban J connectivity index is 1.95. The quantitative estimate of drug-likeness (QED) is 0.770. The molecule has 0 aliphatic carbocycles. The molecule has 1 aliphatic heterocycles. The Kier molecular flexibility index (Phi) is 4.87. The first-order valence-electron chi connectivity index (χ1n) is 6.04. The van der Waals surface area contributed by atoms with Crippen molar-refractivity contribution in [3.8, 4) is 0 Å². The van der Waals surface area contributed by atoms with Crippen LogP contribution < -0.4 is 0 Å². The van der Waals surface area contributed by atoms with Crippen LogP contribution in [0.15, 0.2) is 6.20 Å². The van der Waals surface area contributed by atoms with E-state index in [1.165, 1.54) is 18.4 Å². The van der Waals surface area contributed by atoms with E-state index in [4.69, 9.17) is 18.9 Å². The number of aromatic nitrogens is 1. The van der Waals surface area contributed by atoms with E-state index in [0.29, 0.717) is 13.2 Å². The van der Waals surface area contributed by atoms with E-state index >= 15 is 0 Å². The fourth-order valence-electron chi connectivity index (χ4n) is 1.52. The molecule has 6 nitrogen and oxygen atoms in total. The van der Waals surface area contributed by atoms with Crippen molar-refractivity contribution < 1.29 is 23.7 Å². The number of hydrogen-bond acceptors (Lipinski definition) is 7. The van der Waals surface area contributed by atoms with E-state index in [1.807, 2.05) is 0 Å². The van der Waals surface area contributed by atoms with Crippen LogP contribution >= 0.6 is 11.3 Å². The Morgan fingerprint density at radius 2 is 2.16 bits per heavy atom. The van der Waals surface area contributed by atoms with E-state index in [2.05, 4.69) is 4.98 Å². The molecule has 7 heteroatoms. The fourth-order valence-corrected chi connectivity index (χ4v) is 2.42. The molecule has 2 unspecified atom stereocenters. The standard InChI is InChI=1S/C12H17NO5S/c1-7(18-11(14)8(2)15-3)9-6-13-10(19-9)12-16-4-5-17-12/h6-8,12H,4-5H2,1-3H3. The van der Waals surface area contributed by atoms with Crippen molar-refractivity contribution in [2.45, 2.75) is 32.3 Å². The van der Waals surface area contributed by atoms with E-state index in [-0.39, 0.29) is 12.4 Å². The summed E-state index contributed by atoms with van der Waals surface area (Å²) in [6.45, 7) is 4.60. The van der Waals surface area contributed by atoms with Crippen LogP contribution in [-0.2, 0) is 23.7 Å². The molecular formula is C12H17NO5S. The zero-order valence-corrected chi connectivity index (χ0v) is 11.9. The normalized spacial score (nSPS) is 19.3. The molecule has 1 aliphatic rings. The molecule has 1 aromatic rings. The topological polar surface area (TPSA) is 66.9 Å². The smallest absolute Gasteiger partial charge is 0.335 e. The molecule has 1 fully saturated rings. The van der Waals surface area contributed by atoms with Crippen LogP contribution in [0.5, 0.6) is 0 Å². The van der Waals surface area contributed by atoms with E-state index in [1.54, 1.807) is 20.0 Å². The molecule has 0 N–H and O–H groups in total. The van der Waals surface area contributed by atoms with Gasteiger partial charge in [0.05, 0.1) is 18.1 Å². The molecule has 0 amide bonds. The van der Waals surface area contributed by atoms with Gasteiger partial charge in [0.15, 0.2) is 6.10 Å². The van der Waals surface area contributed by atoms with E-state index in [0.717, 1.165) is 9.88 Å². The first-order valence-corrected chi connectivity index (χ1v) is 6.85. The van der Waals surface area contributed by atoms with Crippen molar-refractivity contribution in [2.24, 2.45) is 0 Å². The van der Waals surface area contributed by atoms with E-state index in [9.17, 15) is 4.79 Å². The maximum Gasteiger partial charge on any atom is 0.335 e. The Bertz CT molecular complexity index is 430. The number of nitrogens with zero attached hydrogens (tertiary/aromatic N) is 1. The monoisotopic (exact) mass is 287 g/mol. The van der Waals surface area contributed by atoms with Crippen molar-refractivity contribution in [1.82, 2.24) is 4.98 Å². The average molecular weight is 287 g/mol. The number of methoxy groups -OCH3 is 1. The molecule has 0 bridgehead atoms. The van der Waals surface area contributed by atoms with Gasteiger partial charge in [-0.2, -0.15) is 0 Å². The predicted octanol–water partition coefficient (Wildman–Crippen LogP) is 1.83. The lowest BCUT2D eigenvalue weighted by Crippen LogP contribution is -2.22. The van der Waals surface area contributed by atoms with Crippen molar-refractivity contribution in [3.05, 3.63) is 16.1 Å². The van der Waals surface area contributed by atoms with Crippen LogP contribution in [0.1, 0.15) is 36.1 Å². The van der Waals surface area contributed by atoms with Gasteiger partial charge in [-0.15, -0.1) is 11.3 Å². The highest BCUT2D eigenvalue weighted by molar-refractivity contribution is 7.11. The number of carbonyl (C=O) groups excluding carboxylic acids is 1. The first kappa shape index (κ1) is 14.4. The molecule has 2 heterocycles. The van der Waals surface area contributed by atoms with Gasteiger partial charge in [0.2, 0.25) is 6.29 Å². The van der Waals surface area contributed by atoms with Gasteiger partial charge in [0.25, 0.3) is 0 Å². The van der Waals surface area contributed by atoms with Gasteiger partial charge in [0, 0.05) is 13.3 Å². The molecule has 106 valence electrons. The Labute approximate surface area is 115 Å². The van der Waals surface area contributed by atoms with Crippen LogP contribution in [0.2, 0.25) is 0 Å². The molecule has 2 atom stereocenters. The minimum absolute atomic E-state index is 0.363. The van der Waals surface area contributed by atoms with Crippen LogP contribution in [0.4, 0.5) is 0 Å². The van der Waals surface area contributed by atoms with Gasteiger partial charge in [-0.3, -0.25) is 0 Å². The number of thiazole rings is 1. The van der Waals surface area contributed by atoms with Gasteiger partial charge in [-0.05, 0) is 13.8 Å². The minimum Gasteiger partial charge on any atom is -0.455 e. The summed E-state index contributed by atoms with van der Waals surface area (Å²) in [7, 11) is 1.47. The van der Waals surface area contributed by atoms with Crippen molar-refractivity contribution in [3.63, 3.8) is 0 Å². The molecular weight excluding hydrogens is 270 g/mol. The van der Waals surface area contributed by atoms with Crippen molar-refractivity contribution >= 4 is 17.3 Å². The summed E-state index contributed by atoms with van der Waals surface area (Å²) in [6, 6.07) is 0. The number of ether oxygens (including phenoxy) is 4. The Hall–Kier alpha value is -1.02. The molecule has 2 rings (SSSR count).